The lowest BCUT2D eigenvalue weighted by Crippen LogP contribution is -2.48. The van der Waals surface area contributed by atoms with Crippen LogP contribution in [0.15, 0.2) is 36.7 Å². The number of aromatic nitrogens is 3. The van der Waals surface area contributed by atoms with E-state index in [1.165, 1.54) is 6.07 Å². The van der Waals surface area contributed by atoms with E-state index in [4.69, 9.17) is 9.72 Å². The Morgan fingerprint density at radius 1 is 1.21 bits per heavy atom. The highest BCUT2D eigenvalue weighted by Crippen LogP contribution is 2.29. The minimum absolute atomic E-state index is 0.0334. The van der Waals surface area contributed by atoms with Crippen LogP contribution in [0.1, 0.15) is 6.92 Å². The molecule has 0 radical (unpaired) electrons. The number of carbonyl (C=O) groups excluding carboxylic acids is 1. The largest absolute Gasteiger partial charge is 0.374 e. The van der Waals surface area contributed by atoms with Gasteiger partial charge in [0.05, 0.1) is 29.6 Å². The van der Waals surface area contributed by atoms with E-state index in [9.17, 15) is 4.79 Å². The number of halogens is 1. The van der Waals surface area contributed by atoms with Crippen molar-refractivity contribution in [1.29, 1.82) is 0 Å². The van der Waals surface area contributed by atoms with Gasteiger partial charge >= 0.3 is 0 Å². The van der Waals surface area contributed by atoms with Crippen molar-refractivity contribution in [3.63, 3.8) is 0 Å². The molecule has 34 heavy (non-hydrogen) atoms. The summed E-state index contributed by atoms with van der Waals surface area (Å²) in [5.74, 6) is 0.335. The number of ether oxygens (including phenoxy) is 1. The van der Waals surface area contributed by atoms with Crippen LogP contribution in [0.4, 0.5) is 15.9 Å². The summed E-state index contributed by atoms with van der Waals surface area (Å²) in [5, 5.41) is 6.66. The molecule has 10 heteroatoms. The van der Waals surface area contributed by atoms with E-state index in [1.807, 2.05) is 17.0 Å². The second-order valence-corrected chi connectivity index (χ2v) is 8.52. The maximum Gasteiger partial charge on any atom is 0.219 e. The molecule has 9 nitrogen and oxygen atoms in total. The van der Waals surface area contributed by atoms with E-state index < -0.39 is 0 Å². The van der Waals surface area contributed by atoms with Crippen molar-refractivity contribution in [2.24, 2.45) is 0 Å². The SMILES string of the molecule is CC(=O)N1CCN(c2ccc(-c3cc4nccnc4c(NCC4CNCCO4)n3)cc2F)CC1. The van der Waals surface area contributed by atoms with Gasteiger partial charge in [-0.05, 0) is 18.2 Å². The van der Waals surface area contributed by atoms with Crippen molar-refractivity contribution < 1.29 is 13.9 Å². The summed E-state index contributed by atoms with van der Waals surface area (Å²) in [4.78, 5) is 29.0. The number of nitrogens with one attached hydrogen (secondary N) is 2. The molecule has 178 valence electrons. The molecule has 2 aromatic heterocycles. The molecular formula is C24H28FN7O2. The number of pyridine rings is 1. The molecule has 2 aliphatic heterocycles. The van der Waals surface area contributed by atoms with Gasteiger partial charge in [0, 0.05) is 70.7 Å². The zero-order valence-corrected chi connectivity index (χ0v) is 19.1. The average molecular weight is 466 g/mol. The average Bonchev–Trinajstić information content (AvgIpc) is 2.87. The summed E-state index contributed by atoms with van der Waals surface area (Å²) in [6.45, 7) is 6.83. The highest BCUT2D eigenvalue weighted by atomic mass is 19.1. The Morgan fingerprint density at radius 2 is 2.03 bits per heavy atom. The minimum Gasteiger partial charge on any atom is -0.374 e. The first-order chi connectivity index (χ1) is 16.6. The van der Waals surface area contributed by atoms with Gasteiger partial charge in [0.15, 0.2) is 5.82 Å². The fourth-order valence-electron chi connectivity index (χ4n) is 4.39. The maximum atomic E-state index is 15.2. The van der Waals surface area contributed by atoms with E-state index in [0.717, 1.165) is 13.1 Å². The topological polar surface area (TPSA) is 95.5 Å². The summed E-state index contributed by atoms with van der Waals surface area (Å²) >= 11 is 0. The number of morpholine rings is 1. The molecule has 4 heterocycles. The molecule has 1 atom stereocenters. The van der Waals surface area contributed by atoms with Crippen LogP contribution in [0.2, 0.25) is 0 Å². The van der Waals surface area contributed by atoms with Gasteiger partial charge in [-0.25, -0.2) is 14.4 Å². The van der Waals surface area contributed by atoms with Crippen molar-refractivity contribution in [3.8, 4) is 11.3 Å². The zero-order chi connectivity index (χ0) is 23.5. The Bertz CT molecular complexity index is 1180. The first-order valence-electron chi connectivity index (χ1n) is 11.6. The van der Waals surface area contributed by atoms with E-state index in [0.29, 0.717) is 73.1 Å². The molecule has 2 aliphatic rings. The molecular weight excluding hydrogens is 437 g/mol. The molecule has 2 fully saturated rings. The Kier molecular flexibility index (Phi) is 6.50. The number of amides is 1. The number of hydrogen-bond acceptors (Lipinski definition) is 8. The van der Waals surface area contributed by atoms with E-state index in [1.54, 1.807) is 30.3 Å². The zero-order valence-electron chi connectivity index (χ0n) is 19.1. The molecule has 0 saturated carbocycles. The van der Waals surface area contributed by atoms with Crippen molar-refractivity contribution in [2.75, 3.05) is 62.6 Å². The van der Waals surface area contributed by atoms with Gasteiger partial charge in [-0.1, -0.05) is 6.07 Å². The number of benzene rings is 1. The van der Waals surface area contributed by atoms with Crippen molar-refractivity contribution in [3.05, 3.63) is 42.5 Å². The number of rotatable bonds is 5. The lowest BCUT2D eigenvalue weighted by Gasteiger charge is -2.35. The molecule has 1 amide bonds. The van der Waals surface area contributed by atoms with Crippen molar-refractivity contribution >= 4 is 28.4 Å². The van der Waals surface area contributed by atoms with E-state index >= 15 is 4.39 Å². The number of carbonyl (C=O) groups is 1. The van der Waals surface area contributed by atoms with Crippen LogP contribution in [-0.4, -0.2) is 84.3 Å². The first kappa shape index (κ1) is 22.4. The van der Waals surface area contributed by atoms with Gasteiger partial charge in [-0.15, -0.1) is 0 Å². The molecule has 2 saturated heterocycles. The van der Waals surface area contributed by atoms with Crippen LogP contribution < -0.4 is 15.5 Å². The molecule has 0 spiro atoms. The number of anilines is 2. The lowest BCUT2D eigenvalue weighted by atomic mass is 10.1. The van der Waals surface area contributed by atoms with Gasteiger partial charge in [-0.3, -0.25) is 9.78 Å². The van der Waals surface area contributed by atoms with Crippen LogP contribution in [-0.2, 0) is 9.53 Å². The van der Waals surface area contributed by atoms with Crippen molar-refractivity contribution in [1.82, 2.24) is 25.2 Å². The van der Waals surface area contributed by atoms with Crippen LogP contribution in [0.3, 0.4) is 0 Å². The predicted octanol–water partition coefficient (Wildman–Crippen LogP) is 1.90. The fraction of sp³-hybridized carbons (Fsp3) is 0.417. The molecule has 0 aliphatic carbocycles. The van der Waals surface area contributed by atoms with Crippen LogP contribution >= 0.6 is 0 Å². The first-order valence-corrected chi connectivity index (χ1v) is 11.6. The third-order valence-corrected chi connectivity index (χ3v) is 6.27. The minimum atomic E-state index is -0.314. The molecule has 3 aromatic rings. The number of fused-ring (bicyclic) bond motifs is 1. The maximum absolute atomic E-state index is 15.2. The molecule has 2 N–H and O–H groups in total. The summed E-state index contributed by atoms with van der Waals surface area (Å²) in [6, 6.07) is 6.99. The van der Waals surface area contributed by atoms with Gasteiger partial charge < -0.3 is 25.2 Å². The third-order valence-electron chi connectivity index (χ3n) is 6.27. The second kappa shape index (κ2) is 9.86. The van der Waals surface area contributed by atoms with Gasteiger partial charge in [0.25, 0.3) is 0 Å². The summed E-state index contributed by atoms with van der Waals surface area (Å²) in [7, 11) is 0. The summed E-state index contributed by atoms with van der Waals surface area (Å²) < 4.78 is 20.9. The van der Waals surface area contributed by atoms with Crippen LogP contribution in [0.25, 0.3) is 22.3 Å². The van der Waals surface area contributed by atoms with Gasteiger partial charge in [0.2, 0.25) is 5.91 Å². The molecule has 0 bridgehead atoms. The number of nitrogens with zero attached hydrogens (tertiary/aromatic N) is 5. The molecule has 1 unspecified atom stereocenters. The Balaban J connectivity index is 1.39. The number of hydrogen-bond donors (Lipinski definition) is 2. The predicted molar refractivity (Wildman–Crippen MR) is 128 cm³/mol. The third kappa shape index (κ3) is 4.78. The Hall–Kier alpha value is -3.37. The van der Waals surface area contributed by atoms with E-state index in [2.05, 4.69) is 20.6 Å². The molecule has 5 rings (SSSR count). The Morgan fingerprint density at radius 3 is 2.76 bits per heavy atom. The normalized spacial score (nSPS) is 18.8. The van der Waals surface area contributed by atoms with Crippen LogP contribution in [0, 0.1) is 5.82 Å². The highest BCUT2D eigenvalue weighted by Gasteiger charge is 2.22. The highest BCUT2D eigenvalue weighted by molar-refractivity contribution is 5.88. The fourth-order valence-corrected chi connectivity index (χ4v) is 4.39. The van der Waals surface area contributed by atoms with E-state index in [-0.39, 0.29) is 17.8 Å². The van der Waals surface area contributed by atoms with Gasteiger partial charge in [-0.2, -0.15) is 0 Å². The van der Waals surface area contributed by atoms with Crippen LogP contribution in [0.5, 0.6) is 0 Å². The quantitative estimate of drug-likeness (QED) is 0.590. The number of piperazine rings is 1. The standard InChI is InChI=1S/C24H28FN7O2/c1-16(33)31-7-9-32(10-8-31)22-3-2-17(12-19(22)25)20-13-21-23(28-5-4-27-21)24(30-20)29-15-18-14-26-6-11-34-18/h2-5,12-13,18,26H,6-11,14-15H2,1H3,(H,29,30). The monoisotopic (exact) mass is 465 g/mol. The second-order valence-electron chi connectivity index (χ2n) is 8.52. The summed E-state index contributed by atoms with van der Waals surface area (Å²) in [6.07, 6.45) is 3.30. The summed E-state index contributed by atoms with van der Waals surface area (Å²) in [5.41, 5.74) is 3.16. The molecule has 1 aromatic carbocycles. The lowest BCUT2D eigenvalue weighted by molar-refractivity contribution is -0.129. The van der Waals surface area contributed by atoms with Gasteiger partial charge in [0.1, 0.15) is 11.3 Å². The van der Waals surface area contributed by atoms with Crippen molar-refractivity contribution in [2.45, 2.75) is 13.0 Å². The smallest absolute Gasteiger partial charge is 0.219 e. The Labute approximate surface area is 197 Å².